The van der Waals surface area contributed by atoms with E-state index in [0.29, 0.717) is 5.56 Å². The minimum absolute atomic E-state index is 0.258. The molecule has 0 radical (unpaired) electrons. The van der Waals surface area contributed by atoms with E-state index >= 15 is 0 Å². The van der Waals surface area contributed by atoms with Crippen LogP contribution in [-0.2, 0) is 35.6 Å². The lowest BCUT2D eigenvalue weighted by atomic mass is 9.99. The average molecular weight is 455 g/mol. The van der Waals surface area contributed by atoms with Gasteiger partial charge in [-0.15, -0.1) is 4.36 Å². The molecular formula is C24H27FN4O2S. The second kappa shape index (κ2) is 8.10. The summed E-state index contributed by atoms with van der Waals surface area (Å²) >= 11 is 0. The van der Waals surface area contributed by atoms with Gasteiger partial charge in [0.1, 0.15) is 15.7 Å². The Labute approximate surface area is 188 Å². The first-order chi connectivity index (χ1) is 15.3. The number of likely N-dealkylation sites (N-methyl/N-ethyl adjacent to an activating group) is 1. The van der Waals surface area contributed by atoms with Crippen LogP contribution < -0.4 is 10.5 Å². The number of halogens is 1. The second-order valence-corrected chi connectivity index (χ2v) is 10.7. The standard InChI is InChI=1S/C24H27FN4O2S/c1-29-11-10-18(14-29)15-8-9-22(21(25)13-15)32(26,31)28-24(30)27-23-19-6-2-4-16(19)12-17-5-3-7-20(17)23/h8-10,12-13H,2-7,11,14H2,1H3,(H3,26,27,28,30,31). The summed E-state index contributed by atoms with van der Waals surface area (Å²) in [6, 6.07) is 5.84. The molecule has 0 bridgehead atoms. The van der Waals surface area contributed by atoms with Crippen molar-refractivity contribution in [2.24, 2.45) is 9.50 Å². The van der Waals surface area contributed by atoms with Crippen LogP contribution in [0.1, 0.15) is 40.7 Å². The molecule has 0 fully saturated rings. The molecule has 3 aliphatic rings. The Morgan fingerprint density at radius 3 is 2.41 bits per heavy atom. The number of rotatable bonds is 3. The van der Waals surface area contributed by atoms with Crippen molar-refractivity contribution in [3.8, 4) is 0 Å². The number of aryl methyl sites for hydroxylation is 2. The zero-order valence-electron chi connectivity index (χ0n) is 18.1. The molecule has 1 heterocycles. The van der Waals surface area contributed by atoms with Crippen molar-refractivity contribution in [1.29, 1.82) is 0 Å². The normalized spacial score (nSPS) is 19.3. The summed E-state index contributed by atoms with van der Waals surface area (Å²) in [4.78, 5) is 14.6. The number of nitrogens with one attached hydrogen (secondary N) is 1. The first-order valence-electron chi connectivity index (χ1n) is 11.0. The number of hydrogen-bond acceptors (Lipinski definition) is 3. The number of nitrogens with two attached hydrogens (primary N) is 1. The predicted molar refractivity (Wildman–Crippen MR) is 124 cm³/mol. The van der Waals surface area contributed by atoms with Gasteiger partial charge in [0.15, 0.2) is 0 Å². The number of urea groups is 1. The molecule has 0 saturated carbocycles. The van der Waals surface area contributed by atoms with Gasteiger partial charge in [-0.1, -0.05) is 18.2 Å². The van der Waals surface area contributed by atoms with E-state index in [9.17, 15) is 13.4 Å². The molecule has 5 rings (SSSR count). The second-order valence-electron chi connectivity index (χ2n) is 8.90. The molecule has 32 heavy (non-hydrogen) atoms. The average Bonchev–Trinajstić information content (AvgIpc) is 3.47. The Bertz CT molecular complexity index is 1240. The third-order valence-electron chi connectivity index (χ3n) is 6.63. The van der Waals surface area contributed by atoms with E-state index in [4.69, 9.17) is 5.14 Å². The van der Waals surface area contributed by atoms with Crippen LogP contribution in [0.2, 0.25) is 0 Å². The van der Waals surface area contributed by atoms with Crippen molar-refractivity contribution < 1.29 is 13.4 Å². The van der Waals surface area contributed by atoms with E-state index in [1.807, 2.05) is 13.1 Å². The third kappa shape index (κ3) is 3.87. The Kier molecular flexibility index (Phi) is 5.39. The molecule has 1 aliphatic heterocycles. The minimum atomic E-state index is -3.73. The van der Waals surface area contributed by atoms with E-state index in [1.165, 1.54) is 23.3 Å². The molecule has 2 aliphatic carbocycles. The fourth-order valence-corrected chi connectivity index (χ4v) is 6.09. The first-order valence-corrected chi connectivity index (χ1v) is 12.6. The van der Waals surface area contributed by atoms with Crippen molar-refractivity contribution in [3.63, 3.8) is 0 Å². The molecule has 2 aromatic rings. The molecule has 8 heteroatoms. The largest absolute Gasteiger partial charge is 0.354 e. The Balaban J connectivity index is 1.43. The van der Waals surface area contributed by atoms with Gasteiger partial charge in [0, 0.05) is 18.8 Å². The zero-order valence-corrected chi connectivity index (χ0v) is 18.9. The van der Waals surface area contributed by atoms with Crippen LogP contribution in [0.3, 0.4) is 0 Å². The molecule has 2 aromatic carbocycles. The van der Waals surface area contributed by atoms with E-state index in [1.54, 1.807) is 6.07 Å². The molecule has 0 aromatic heterocycles. The molecule has 1 unspecified atom stereocenters. The van der Waals surface area contributed by atoms with Crippen LogP contribution in [-0.4, -0.2) is 35.3 Å². The van der Waals surface area contributed by atoms with Crippen LogP contribution in [0, 0.1) is 5.82 Å². The zero-order chi connectivity index (χ0) is 22.5. The van der Waals surface area contributed by atoms with E-state index in [0.717, 1.165) is 74.0 Å². The van der Waals surface area contributed by atoms with Crippen molar-refractivity contribution in [2.75, 3.05) is 25.5 Å². The molecule has 2 amide bonds. The fraction of sp³-hybridized carbons (Fsp3) is 0.375. The summed E-state index contributed by atoms with van der Waals surface area (Å²) in [5.74, 6) is -0.719. The summed E-state index contributed by atoms with van der Waals surface area (Å²) < 4.78 is 31.6. The van der Waals surface area contributed by atoms with E-state index in [-0.39, 0.29) is 4.90 Å². The van der Waals surface area contributed by atoms with Gasteiger partial charge < -0.3 is 5.32 Å². The number of hydrogen-bond donors (Lipinski definition) is 2. The third-order valence-corrected chi connectivity index (χ3v) is 8.03. The number of benzene rings is 2. The quantitative estimate of drug-likeness (QED) is 0.733. The molecule has 0 spiro atoms. The Morgan fingerprint density at radius 2 is 1.81 bits per heavy atom. The number of fused-ring (bicyclic) bond motifs is 2. The Hall–Kier alpha value is -2.55. The molecule has 1 atom stereocenters. The lowest BCUT2D eigenvalue weighted by Gasteiger charge is -2.15. The molecule has 0 saturated heterocycles. The van der Waals surface area contributed by atoms with E-state index < -0.39 is 21.8 Å². The molecule has 168 valence electrons. The summed E-state index contributed by atoms with van der Waals surface area (Å²) in [5.41, 5.74) is 7.33. The monoisotopic (exact) mass is 454 g/mol. The highest BCUT2D eigenvalue weighted by Crippen LogP contribution is 2.38. The van der Waals surface area contributed by atoms with Crippen LogP contribution in [0.4, 0.5) is 14.9 Å². The number of carbonyl (C=O) groups excluding carboxylic acids is 1. The van der Waals surface area contributed by atoms with Crippen molar-refractivity contribution in [3.05, 3.63) is 64.0 Å². The maximum atomic E-state index is 14.8. The van der Waals surface area contributed by atoms with Crippen molar-refractivity contribution in [1.82, 2.24) is 4.90 Å². The summed E-state index contributed by atoms with van der Waals surface area (Å²) in [6.45, 7) is 1.52. The minimum Gasteiger partial charge on any atom is -0.305 e. The van der Waals surface area contributed by atoms with Gasteiger partial charge in [-0.25, -0.2) is 18.5 Å². The maximum Gasteiger partial charge on any atom is 0.354 e. The van der Waals surface area contributed by atoms with Gasteiger partial charge in [-0.3, -0.25) is 4.90 Å². The van der Waals surface area contributed by atoms with E-state index in [2.05, 4.69) is 20.6 Å². The van der Waals surface area contributed by atoms with Gasteiger partial charge >= 0.3 is 6.03 Å². The first kappa shape index (κ1) is 21.3. The number of carbonyl (C=O) groups is 1. The molecule has 6 nitrogen and oxygen atoms in total. The lowest BCUT2D eigenvalue weighted by molar-refractivity contribution is 0.260. The topological polar surface area (TPSA) is 87.8 Å². The van der Waals surface area contributed by atoms with Crippen molar-refractivity contribution >= 4 is 27.2 Å². The van der Waals surface area contributed by atoms with Crippen LogP contribution in [0.5, 0.6) is 0 Å². The van der Waals surface area contributed by atoms with Gasteiger partial charge in [0.05, 0.1) is 4.90 Å². The predicted octanol–water partition coefficient (Wildman–Crippen LogP) is 4.06. The van der Waals surface area contributed by atoms with Crippen LogP contribution in [0.15, 0.2) is 39.6 Å². The highest BCUT2D eigenvalue weighted by Gasteiger charge is 2.26. The Morgan fingerprint density at radius 1 is 1.12 bits per heavy atom. The molecular weight excluding hydrogens is 427 g/mol. The van der Waals surface area contributed by atoms with Gasteiger partial charge in [-0.2, -0.15) is 0 Å². The number of anilines is 1. The highest BCUT2D eigenvalue weighted by molar-refractivity contribution is 7.91. The SMILES string of the molecule is CN1CC=C(c2ccc(S(N)(=O)=NC(=O)Nc3c4c(cc5c3CCC5)CCC4)c(F)c2)C1. The van der Waals surface area contributed by atoms with Gasteiger partial charge in [0.2, 0.25) is 0 Å². The summed E-state index contributed by atoms with van der Waals surface area (Å²) in [7, 11) is -1.75. The number of amides is 2. The van der Waals surface area contributed by atoms with Crippen molar-refractivity contribution in [2.45, 2.75) is 43.4 Å². The molecule has 3 N–H and O–H groups in total. The number of nitrogens with zero attached hydrogens (tertiary/aromatic N) is 2. The van der Waals surface area contributed by atoms with Crippen LogP contribution >= 0.6 is 0 Å². The summed E-state index contributed by atoms with van der Waals surface area (Å²) in [6.07, 6.45) is 7.93. The highest BCUT2D eigenvalue weighted by atomic mass is 32.2. The van der Waals surface area contributed by atoms with Crippen LogP contribution in [0.25, 0.3) is 5.57 Å². The van der Waals surface area contributed by atoms with Gasteiger partial charge in [0.25, 0.3) is 0 Å². The fourth-order valence-electron chi connectivity index (χ4n) is 5.10. The smallest absolute Gasteiger partial charge is 0.305 e. The summed E-state index contributed by atoms with van der Waals surface area (Å²) in [5, 5.41) is 8.73. The lowest BCUT2D eigenvalue weighted by Crippen LogP contribution is -2.20. The van der Waals surface area contributed by atoms with Gasteiger partial charge in [-0.05, 0) is 91.1 Å². The maximum absolute atomic E-state index is 14.8.